The monoisotopic (exact) mass is 208 g/mol. The molecule has 2 N–H and O–H groups in total. The fraction of sp³-hybridized carbons (Fsp3) is 0.636. The molecule has 1 unspecified atom stereocenters. The van der Waals surface area contributed by atoms with Crippen molar-refractivity contribution < 1.29 is 0 Å². The first-order valence-corrected chi connectivity index (χ1v) is 5.29. The third-order valence-electron chi connectivity index (χ3n) is 2.08. The third kappa shape index (κ3) is 4.85. The Hall–Kier alpha value is -1.00. The number of aromatic nitrogens is 2. The van der Waals surface area contributed by atoms with Gasteiger partial charge in [-0.25, -0.2) is 9.97 Å². The van der Waals surface area contributed by atoms with Crippen molar-refractivity contribution in [2.75, 3.05) is 20.6 Å². The van der Waals surface area contributed by atoms with Crippen LogP contribution in [0.1, 0.15) is 18.4 Å². The van der Waals surface area contributed by atoms with Crippen molar-refractivity contribution in [1.29, 1.82) is 0 Å². The van der Waals surface area contributed by atoms with Crippen LogP contribution in [-0.2, 0) is 12.8 Å². The minimum atomic E-state index is 0.154. The molecule has 4 heteroatoms. The van der Waals surface area contributed by atoms with E-state index in [0.717, 1.165) is 30.9 Å². The van der Waals surface area contributed by atoms with Crippen LogP contribution in [0.15, 0.2) is 12.3 Å². The molecule has 0 radical (unpaired) electrons. The molecule has 0 amide bonds. The summed E-state index contributed by atoms with van der Waals surface area (Å²) in [7, 11) is 4.09. The number of nitrogens with two attached hydrogens (primary N) is 1. The number of likely N-dealkylation sites (N-methyl/N-ethyl adjacent to an activating group) is 1. The van der Waals surface area contributed by atoms with Gasteiger partial charge in [-0.3, -0.25) is 0 Å². The highest BCUT2D eigenvalue weighted by atomic mass is 15.1. The molecule has 1 aromatic heterocycles. The van der Waals surface area contributed by atoms with Crippen molar-refractivity contribution in [3.63, 3.8) is 0 Å². The SMILES string of the molecule is CC(N)Cc1ccnc(CCN(C)C)n1. The molecule has 0 saturated heterocycles. The molecule has 0 aliphatic rings. The molecule has 0 spiro atoms. The summed E-state index contributed by atoms with van der Waals surface area (Å²) in [6.45, 7) is 2.96. The van der Waals surface area contributed by atoms with E-state index in [4.69, 9.17) is 5.73 Å². The summed E-state index contributed by atoms with van der Waals surface area (Å²) in [5.41, 5.74) is 6.76. The molecular weight excluding hydrogens is 188 g/mol. The summed E-state index contributed by atoms with van der Waals surface area (Å²) in [6, 6.07) is 2.09. The zero-order chi connectivity index (χ0) is 11.3. The quantitative estimate of drug-likeness (QED) is 0.764. The second kappa shape index (κ2) is 5.78. The first kappa shape index (κ1) is 12.1. The summed E-state index contributed by atoms with van der Waals surface area (Å²) in [5, 5.41) is 0. The molecule has 0 bridgehead atoms. The second-order valence-electron chi connectivity index (χ2n) is 4.20. The lowest BCUT2D eigenvalue weighted by Crippen LogP contribution is -2.20. The fourth-order valence-electron chi connectivity index (χ4n) is 1.33. The van der Waals surface area contributed by atoms with Gasteiger partial charge in [-0.1, -0.05) is 0 Å². The highest BCUT2D eigenvalue weighted by molar-refractivity contribution is 5.04. The summed E-state index contributed by atoms with van der Waals surface area (Å²) in [4.78, 5) is 10.8. The Morgan fingerprint density at radius 3 is 2.80 bits per heavy atom. The van der Waals surface area contributed by atoms with Crippen molar-refractivity contribution >= 4 is 0 Å². The Morgan fingerprint density at radius 2 is 2.20 bits per heavy atom. The van der Waals surface area contributed by atoms with Crippen LogP contribution < -0.4 is 5.73 Å². The summed E-state index contributed by atoms with van der Waals surface area (Å²) >= 11 is 0. The van der Waals surface area contributed by atoms with E-state index < -0.39 is 0 Å². The van der Waals surface area contributed by atoms with Gasteiger partial charge in [0.15, 0.2) is 0 Å². The van der Waals surface area contributed by atoms with Crippen LogP contribution in [0.4, 0.5) is 0 Å². The lowest BCUT2D eigenvalue weighted by atomic mass is 10.2. The van der Waals surface area contributed by atoms with Crippen LogP contribution in [0.2, 0.25) is 0 Å². The summed E-state index contributed by atoms with van der Waals surface area (Å²) in [6.07, 6.45) is 3.52. The molecule has 0 saturated carbocycles. The van der Waals surface area contributed by atoms with Gasteiger partial charge in [0.1, 0.15) is 5.82 Å². The van der Waals surface area contributed by atoms with Gasteiger partial charge in [-0.05, 0) is 27.1 Å². The largest absolute Gasteiger partial charge is 0.328 e. The maximum absolute atomic E-state index is 5.73. The van der Waals surface area contributed by atoms with Gasteiger partial charge >= 0.3 is 0 Å². The molecule has 0 aliphatic carbocycles. The molecule has 0 fully saturated rings. The molecule has 1 heterocycles. The Kier molecular flexibility index (Phi) is 4.65. The summed E-state index contributed by atoms with van der Waals surface area (Å²) in [5.74, 6) is 0.904. The topological polar surface area (TPSA) is 55.0 Å². The van der Waals surface area contributed by atoms with Gasteiger partial charge in [-0.15, -0.1) is 0 Å². The van der Waals surface area contributed by atoms with Gasteiger partial charge in [-0.2, -0.15) is 0 Å². The maximum atomic E-state index is 5.73. The zero-order valence-electron chi connectivity index (χ0n) is 9.77. The minimum Gasteiger partial charge on any atom is -0.328 e. The van der Waals surface area contributed by atoms with E-state index in [0.29, 0.717) is 0 Å². The highest BCUT2D eigenvalue weighted by Crippen LogP contribution is 2.00. The third-order valence-corrected chi connectivity index (χ3v) is 2.08. The van der Waals surface area contributed by atoms with Crippen molar-refractivity contribution in [1.82, 2.24) is 14.9 Å². The number of rotatable bonds is 5. The number of hydrogen-bond acceptors (Lipinski definition) is 4. The Bertz CT molecular complexity index is 296. The van der Waals surface area contributed by atoms with E-state index in [9.17, 15) is 0 Å². The van der Waals surface area contributed by atoms with Crippen LogP contribution in [0.25, 0.3) is 0 Å². The van der Waals surface area contributed by atoms with E-state index in [2.05, 4.69) is 14.9 Å². The minimum absolute atomic E-state index is 0.154. The molecule has 0 aliphatic heterocycles. The Balaban J connectivity index is 2.57. The predicted octanol–water partition coefficient (Wildman–Crippen LogP) is 0.470. The van der Waals surface area contributed by atoms with Gasteiger partial charge in [0.2, 0.25) is 0 Å². The molecular formula is C11H20N4. The normalized spacial score (nSPS) is 13.1. The molecule has 84 valence electrons. The Morgan fingerprint density at radius 1 is 1.47 bits per heavy atom. The van der Waals surface area contributed by atoms with Gasteiger partial charge in [0.05, 0.1) is 0 Å². The predicted molar refractivity (Wildman–Crippen MR) is 61.6 cm³/mol. The van der Waals surface area contributed by atoms with Crippen molar-refractivity contribution in [2.24, 2.45) is 5.73 Å². The number of nitrogens with zero attached hydrogens (tertiary/aromatic N) is 3. The molecule has 1 aromatic rings. The van der Waals surface area contributed by atoms with Crippen molar-refractivity contribution in [2.45, 2.75) is 25.8 Å². The van der Waals surface area contributed by atoms with Crippen LogP contribution in [0, 0.1) is 0 Å². The van der Waals surface area contributed by atoms with E-state index in [1.54, 1.807) is 0 Å². The summed E-state index contributed by atoms with van der Waals surface area (Å²) < 4.78 is 0. The number of hydrogen-bond donors (Lipinski definition) is 1. The smallest absolute Gasteiger partial charge is 0.129 e. The average Bonchev–Trinajstić information content (AvgIpc) is 2.14. The van der Waals surface area contributed by atoms with Gasteiger partial charge < -0.3 is 10.6 Å². The van der Waals surface area contributed by atoms with E-state index in [1.165, 1.54) is 0 Å². The molecule has 0 aromatic carbocycles. The molecule has 4 nitrogen and oxygen atoms in total. The first-order chi connectivity index (χ1) is 7.08. The van der Waals surface area contributed by atoms with Crippen LogP contribution >= 0.6 is 0 Å². The van der Waals surface area contributed by atoms with E-state index in [-0.39, 0.29) is 6.04 Å². The lowest BCUT2D eigenvalue weighted by Gasteiger charge is -2.09. The second-order valence-corrected chi connectivity index (χ2v) is 4.20. The van der Waals surface area contributed by atoms with Crippen molar-refractivity contribution in [3.05, 3.63) is 23.8 Å². The zero-order valence-corrected chi connectivity index (χ0v) is 9.77. The molecule has 1 atom stereocenters. The van der Waals surface area contributed by atoms with Crippen molar-refractivity contribution in [3.8, 4) is 0 Å². The standard InChI is InChI=1S/C11H20N4/c1-9(12)8-10-4-6-13-11(14-10)5-7-15(2)3/h4,6,9H,5,7-8,12H2,1-3H3. The lowest BCUT2D eigenvalue weighted by molar-refractivity contribution is 0.409. The molecule has 1 rings (SSSR count). The van der Waals surface area contributed by atoms with Crippen LogP contribution in [0.3, 0.4) is 0 Å². The maximum Gasteiger partial charge on any atom is 0.129 e. The van der Waals surface area contributed by atoms with E-state index in [1.807, 2.05) is 33.3 Å². The van der Waals surface area contributed by atoms with Crippen LogP contribution in [0.5, 0.6) is 0 Å². The molecule has 15 heavy (non-hydrogen) atoms. The Labute approximate surface area is 91.5 Å². The average molecular weight is 208 g/mol. The first-order valence-electron chi connectivity index (χ1n) is 5.29. The van der Waals surface area contributed by atoms with Crippen LogP contribution in [-0.4, -0.2) is 41.5 Å². The highest BCUT2D eigenvalue weighted by Gasteiger charge is 2.02. The van der Waals surface area contributed by atoms with Gasteiger partial charge in [0, 0.05) is 37.3 Å². The van der Waals surface area contributed by atoms with E-state index >= 15 is 0 Å². The fourth-order valence-corrected chi connectivity index (χ4v) is 1.33. The van der Waals surface area contributed by atoms with Gasteiger partial charge in [0.25, 0.3) is 0 Å².